The van der Waals surface area contributed by atoms with Gasteiger partial charge in [-0.15, -0.1) is 24.0 Å². The summed E-state index contributed by atoms with van der Waals surface area (Å²) in [5.41, 5.74) is 2.05. The minimum Gasteiger partial charge on any atom is -0.356 e. The van der Waals surface area contributed by atoms with E-state index >= 15 is 0 Å². The molecule has 0 spiro atoms. The predicted molar refractivity (Wildman–Crippen MR) is 123 cm³/mol. The SMILES string of the molecule is CN=C(NCCc1ccc(Cl)nc1)NCC(=O)N(C)CCc1ccccn1.I. The third kappa shape index (κ3) is 8.83. The molecule has 2 rings (SSSR count). The monoisotopic (exact) mass is 516 g/mol. The van der Waals surface area contributed by atoms with Gasteiger partial charge in [-0.05, 0) is 30.2 Å². The van der Waals surface area contributed by atoms with Gasteiger partial charge in [-0.1, -0.05) is 23.7 Å². The third-order valence-electron chi connectivity index (χ3n) is 3.98. The Morgan fingerprint density at radius 2 is 2.00 bits per heavy atom. The summed E-state index contributed by atoms with van der Waals surface area (Å²) in [6.45, 7) is 1.47. The summed E-state index contributed by atoms with van der Waals surface area (Å²) in [6, 6.07) is 9.49. The lowest BCUT2D eigenvalue weighted by molar-refractivity contribution is -0.128. The largest absolute Gasteiger partial charge is 0.356 e. The lowest BCUT2D eigenvalue weighted by Gasteiger charge is -2.18. The van der Waals surface area contributed by atoms with E-state index < -0.39 is 0 Å². The molecule has 0 aliphatic heterocycles. The molecule has 0 aliphatic carbocycles. The van der Waals surface area contributed by atoms with Gasteiger partial charge in [0.05, 0.1) is 6.54 Å². The van der Waals surface area contributed by atoms with E-state index in [9.17, 15) is 4.79 Å². The highest BCUT2D eigenvalue weighted by Gasteiger charge is 2.09. The highest BCUT2D eigenvalue weighted by Crippen LogP contribution is 2.05. The highest BCUT2D eigenvalue weighted by molar-refractivity contribution is 14.0. The van der Waals surface area contributed by atoms with Gasteiger partial charge in [0.2, 0.25) is 5.91 Å². The Balaban J connectivity index is 0.00000392. The number of carbonyl (C=O) groups excluding carboxylic acids is 1. The Kier molecular flexibility index (Phi) is 11.4. The summed E-state index contributed by atoms with van der Waals surface area (Å²) in [6.07, 6.45) is 5.02. The van der Waals surface area contributed by atoms with Crippen molar-refractivity contribution in [2.24, 2.45) is 4.99 Å². The summed E-state index contributed by atoms with van der Waals surface area (Å²) >= 11 is 5.78. The summed E-state index contributed by atoms with van der Waals surface area (Å²) in [7, 11) is 3.46. The van der Waals surface area contributed by atoms with Crippen LogP contribution in [0, 0.1) is 0 Å². The van der Waals surface area contributed by atoms with E-state index in [0.29, 0.717) is 24.2 Å². The molecule has 0 atom stereocenters. The Morgan fingerprint density at radius 1 is 1.18 bits per heavy atom. The number of carbonyl (C=O) groups is 1. The molecule has 0 bridgehead atoms. The van der Waals surface area contributed by atoms with Crippen LogP contribution >= 0.6 is 35.6 Å². The molecule has 7 nitrogen and oxygen atoms in total. The van der Waals surface area contributed by atoms with E-state index in [4.69, 9.17) is 11.6 Å². The fraction of sp³-hybridized carbons (Fsp3) is 0.368. The number of pyridine rings is 2. The topological polar surface area (TPSA) is 82.5 Å². The second kappa shape index (κ2) is 13.3. The van der Waals surface area contributed by atoms with E-state index in [-0.39, 0.29) is 36.4 Å². The number of amides is 1. The van der Waals surface area contributed by atoms with Crippen LogP contribution in [0.2, 0.25) is 5.15 Å². The van der Waals surface area contributed by atoms with Crippen molar-refractivity contribution in [3.05, 3.63) is 59.1 Å². The number of aliphatic imine (C=N–C) groups is 1. The maximum Gasteiger partial charge on any atom is 0.241 e. The van der Waals surface area contributed by atoms with Crippen LogP contribution in [0.3, 0.4) is 0 Å². The molecule has 2 aromatic rings. The Labute approximate surface area is 188 Å². The number of aromatic nitrogens is 2. The quantitative estimate of drug-likeness (QED) is 0.243. The molecule has 0 aromatic carbocycles. The summed E-state index contributed by atoms with van der Waals surface area (Å²) in [5, 5.41) is 6.70. The Hall–Kier alpha value is -1.94. The van der Waals surface area contributed by atoms with E-state index in [0.717, 1.165) is 24.1 Å². The number of likely N-dealkylation sites (N-methyl/N-ethyl adjacent to an activating group) is 1. The van der Waals surface area contributed by atoms with E-state index in [2.05, 4.69) is 25.6 Å². The molecule has 0 saturated carbocycles. The molecular weight excluding hydrogens is 491 g/mol. The first-order valence-corrected chi connectivity index (χ1v) is 9.15. The first-order chi connectivity index (χ1) is 13.1. The fourth-order valence-corrected chi connectivity index (χ4v) is 2.46. The first-order valence-electron chi connectivity index (χ1n) is 8.77. The van der Waals surface area contributed by atoms with E-state index in [1.165, 1.54) is 0 Å². The minimum absolute atomic E-state index is 0. The molecule has 0 unspecified atom stereocenters. The molecule has 0 saturated heterocycles. The van der Waals surface area contributed by atoms with Crippen LogP contribution in [0.15, 0.2) is 47.7 Å². The summed E-state index contributed by atoms with van der Waals surface area (Å²) in [4.78, 5) is 26.4. The van der Waals surface area contributed by atoms with Crippen LogP contribution in [0.25, 0.3) is 0 Å². The molecule has 9 heteroatoms. The van der Waals surface area contributed by atoms with Gasteiger partial charge in [-0.25, -0.2) is 4.98 Å². The van der Waals surface area contributed by atoms with Crippen molar-refractivity contribution in [2.75, 3.05) is 33.7 Å². The number of guanidine groups is 1. The fourth-order valence-electron chi connectivity index (χ4n) is 2.35. The van der Waals surface area contributed by atoms with Gasteiger partial charge >= 0.3 is 0 Å². The summed E-state index contributed by atoms with van der Waals surface area (Å²) < 4.78 is 0. The van der Waals surface area contributed by atoms with Gasteiger partial charge in [-0.3, -0.25) is 14.8 Å². The smallest absolute Gasteiger partial charge is 0.241 e. The van der Waals surface area contributed by atoms with Gasteiger partial charge in [-0.2, -0.15) is 0 Å². The normalized spacial score (nSPS) is 10.8. The Bertz CT molecular complexity index is 742. The molecule has 2 aromatic heterocycles. The molecular formula is C19H26ClIN6O. The van der Waals surface area contributed by atoms with E-state index in [1.807, 2.05) is 24.3 Å². The molecule has 1 amide bonds. The maximum atomic E-state index is 12.3. The van der Waals surface area contributed by atoms with Crippen LogP contribution < -0.4 is 10.6 Å². The van der Waals surface area contributed by atoms with Gasteiger partial charge in [0.15, 0.2) is 5.96 Å². The zero-order valence-electron chi connectivity index (χ0n) is 16.1. The van der Waals surface area contributed by atoms with Crippen molar-refractivity contribution in [3.63, 3.8) is 0 Å². The van der Waals surface area contributed by atoms with Crippen molar-refractivity contribution in [3.8, 4) is 0 Å². The first kappa shape index (κ1) is 24.1. The van der Waals surface area contributed by atoms with Crippen LogP contribution in [0.5, 0.6) is 0 Å². The molecule has 0 aliphatic rings. The predicted octanol–water partition coefficient (Wildman–Crippen LogP) is 2.16. The molecule has 2 heterocycles. The zero-order chi connectivity index (χ0) is 19.5. The average Bonchev–Trinajstić information content (AvgIpc) is 2.70. The standard InChI is InChI=1S/C19H25ClN6O.HI/c1-21-19(23-11-8-15-6-7-17(20)24-13-15)25-14-18(27)26(2)12-9-16-5-3-4-10-22-16;/h3-7,10,13H,8-9,11-12,14H2,1-2H3,(H2,21,23,25);1H. The molecule has 152 valence electrons. The van der Waals surface area contributed by atoms with Crippen molar-refractivity contribution >= 4 is 47.4 Å². The second-order valence-corrected chi connectivity index (χ2v) is 6.37. The molecule has 28 heavy (non-hydrogen) atoms. The zero-order valence-corrected chi connectivity index (χ0v) is 19.1. The number of hydrogen-bond donors (Lipinski definition) is 2. The number of hydrogen-bond acceptors (Lipinski definition) is 4. The van der Waals surface area contributed by atoms with E-state index in [1.54, 1.807) is 37.5 Å². The number of halogens is 2. The lowest BCUT2D eigenvalue weighted by Crippen LogP contribution is -2.44. The molecule has 0 fully saturated rings. The number of nitrogens with zero attached hydrogens (tertiary/aromatic N) is 4. The van der Waals surface area contributed by atoms with Crippen molar-refractivity contribution < 1.29 is 4.79 Å². The van der Waals surface area contributed by atoms with Gasteiger partial charge in [0, 0.05) is 51.7 Å². The molecule has 2 N–H and O–H groups in total. The minimum atomic E-state index is -0.00391. The van der Waals surface area contributed by atoms with Crippen molar-refractivity contribution in [1.82, 2.24) is 25.5 Å². The van der Waals surface area contributed by atoms with Crippen molar-refractivity contribution in [2.45, 2.75) is 12.8 Å². The van der Waals surface area contributed by atoms with Crippen LogP contribution in [-0.2, 0) is 17.6 Å². The summed E-state index contributed by atoms with van der Waals surface area (Å²) in [5.74, 6) is 0.583. The number of nitrogens with one attached hydrogen (secondary N) is 2. The van der Waals surface area contributed by atoms with Crippen LogP contribution in [0.4, 0.5) is 0 Å². The number of rotatable bonds is 8. The maximum absolute atomic E-state index is 12.3. The van der Waals surface area contributed by atoms with Gasteiger partial charge in [0.1, 0.15) is 5.15 Å². The Morgan fingerprint density at radius 3 is 2.64 bits per heavy atom. The average molecular weight is 517 g/mol. The van der Waals surface area contributed by atoms with Crippen LogP contribution in [0.1, 0.15) is 11.3 Å². The lowest BCUT2D eigenvalue weighted by atomic mass is 10.2. The van der Waals surface area contributed by atoms with Crippen molar-refractivity contribution in [1.29, 1.82) is 0 Å². The van der Waals surface area contributed by atoms with Gasteiger partial charge in [0.25, 0.3) is 0 Å². The molecule has 0 radical (unpaired) electrons. The highest BCUT2D eigenvalue weighted by atomic mass is 127. The second-order valence-electron chi connectivity index (χ2n) is 5.98. The van der Waals surface area contributed by atoms with Gasteiger partial charge < -0.3 is 15.5 Å². The van der Waals surface area contributed by atoms with Crippen LogP contribution in [-0.4, -0.2) is 60.5 Å². The third-order valence-corrected chi connectivity index (χ3v) is 4.20.